The van der Waals surface area contributed by atoms with Gasteiger partial charge in [-0.05, 0) is 49.4 Å². The van der Waals surface area contributed by atoms with Crippen molar-refractivity contribution in [1.29, 1.82) is 0 Å². The van der Waals surface area contributed by atoms with Crippen molar-refractivity contribution < 1.29 is 39.0 Å². The summed E-state index contributed by atoms with van der Waals surface area (Å²) in [4.78, 5) is 76.4. The number of carbonyl (C=O) groups is 6. The molecule has 1 saturated carbocycles. The van der Waals surface area contributed by atoms with Crippen molar-refractivity contribution in [2.24, 2.45) is 23.2 Å². The molecule has 12 nitrogen and oxygen atoms in total. The molecular formula is C31H54N4O8. The van der Waals surface area contributed by atoms with Gasteiger partial charge in [0.15, 0.2) is 0 Å². The van der Waals surface area contributed by atoms with Crippen LogP contribution in [0.2, 0.25) is 0 Å². The van der Waals surface area contributed by atoms with Gasteiger partial charge in [-0.15, -0.1) is 0 Å². The molecule has 1 fully saturated rings. The van der Waals surface area contributed by atoms with Gasteiger partial charge in [-0.3, -0.25) is 24.0 Å². The summed E-state index contributed by atoms with van der Waals surface area (Å²) in [5.41, 5.74) is -0.688. The SMILES string of the molecule is CCC(CC)C(=O)NC(C(=O)NC(CCC1CCCC1)C(=O)NC(CC(=O)O)C(=O)NC(CC(C)C)C(=O)O)C(C)(C)C. The lowest BCUT2D eigenvalue weighted by atomic mass is 9.85. The summed E-state index contributed by atoms with van der Waals surface area (Å²) in [6.07, 6.45) is 5.66. The van der Waals surface area contributed by atoms with Crippen LogP contribution in [0.3, 0.4) is 0 Å². The van der Waals surface area contributed by atoms with Crippen LogP contribution in [-0.2, 0) is 28.8 Å². The van der Waals surface area contributed by atoms with E-state index in [1.54, 1.807) is 34.6 Å². The smallest absolute Gasteiger partial charge is 0.326 e. The summed E-state index contributed by atoms with van der Waals surface area (Å²) >= 11 is 0. The van der Waals surface area contributed by atoms with E-state index in [1.807, 2.05) is 13.8 Å². The Morgan fingerprint density at radius 3 is 1.72 bits per heavy atom. The molecule has 6 N–H and O–H groups in total. The minimum Gasteiger partial charge on any atom is -0.481 e. The molecule has 246 valence electrons. The number of carbonyl (C=O) groups excluding carboxylic acids is 4. The Kier molecular flexibility index (Phi) is 15.7. The largest absolute Gasteiger partial charge is 0.481 e. The van der Waals surface area contributed by atoms with Gasteiger partial charge in [0.25, 0.3) is 0 Å². The third-order valence-corrected chi connectivity index (χ3v) is 8.08. The number of carboxylic acids is 2. The minimum atomic E-state index is -1.56. The Balaban J connectivity index is 3.22. The monoisotopic (exact) mass is 610 g/mol. The molecule has 1 aliphatic carbocycles. The van der Waals surface area contributed by atoms with E-state index in [1.165, 1.54) is 0 Å². The van der Waals surface area contributed by atoms with Crippen molar-refractivity contribution in [2.45, 2.75) is 137 Å². The zero-order valence-corrected chi connectivity index (χ0v) is 27.0. The summed E-state index contributed by atoms with van der Waals surface area (Å²) in [5.74, 6) is -5.07. The number of hydrogen-bond donors (Lipinski definition) is 6. The Bertz CT molecular complexity index is 967. The number of rotatable bonds is 18. The van der Waals surface area contributed by atoms with E-state index in [-0.39, 0.29) is 30.6 Å². The van der Waals surface area contributed by atoms with E-state index < -0.39 is 65.7 Å². The van der Waals surface area contributed by atoms with E-state index in [4.69, 9.17) is 0 Å². The van der Waals surface area contributed by atoms with Crippen molar-refractivity contribution in [1.82, 2.24) is 21.3 Å². The van der Waals surface area contributed by atoms with Gasteiger partial charge in [0.05, 0.1) is 6.42 Å². The molecule has 0 spiro atoms. The lowest BCUT2D eigenvalue weighted by Gasteiger charge is -2.33. The number of amides is 4. The van der Waals surface area contributed by atoms with Crippen LogP contribution in [0.4, 0.5) is 0 Å². The first kappa shape index (κ1) is 37.8. The third kappa shape index (κ3) is 13.3. The van der Waals surface area contributed by atoms with Crippen LogP contribution < -0.4 is 21.3 Å². The highest BCUT2D eigenvalue weighted by Crippen LogP contribution is 2.29. The number of nitrogens with one attached hydrogen (secondary N) is 4. The molecule has 0 aromatic rings. The van der Waals surface area contributed by atoms with E-state index >= 15 is 0 Å². The molecule has 0 bridgehead atoms. The summed E-state index contributed by atoms with van der Waals surface area (Å²) in [6, 6.07) is -4.87. The van der Waals surface area contributed by atoms with Crippen molar-refractivity contribution in [3.8, 4) is 0 Å². The molecule has 4 unspecified atom stereocenters. The fraction of sp³-hybridized carbons (Fsp3) is 0.806. The van der Waals surface area contributed by atoms with Gasteiger partial charge in [-0.2, -0.15) is 0 Å². The van der Waals surface area contributed by atoms with Gasteiger partial charge < -0.3 is 31.5 Å². The maximum absolute atomic E-state index is 13.6. The first-order valence-electron chi connectivity index (χ1n) is 15.7. The topological polar surface area (TPSA) is 191 Å². The van der Waals surface area contributed by atoms with Gasteiger partial charge in [0, 0.05) is 5.92 Å². The first-order chi connectivity index (χ1) is 20.0. The Morgan fingerprint density at radius 2 is 1.26 bits per heavy atom. The quantitative estimate of drug-likeness (QED) is 0.136. The van der Waals surface area contributed by atoms with Crippen molar-refractivity contribution in [2.75, 3.05) is 0 Å². The van der Waals surface area contributed by atoms with Crippen LogP contribution in [0, 0.1) is 23.2 Å². The summed E-state index contributed by atoms with van der Waals surface area (Å²) in [5, 5.41) is 29.4. The van der Waals surface area contributed by atoms with E-state index in [2.05, 4.69) is 21.3 Å². The predicted molar refractivity (Wildman–Crippen MR) is 162 cm³/mol. The third-order valence-electron chi connectivity index (χ3n) is 8.08. The molecule has 0 aromatic carbocycles. The number of carboxylic acid groups (broad SMARTS) is 2. The molecular weight excluding hydrogens is 556 g/mol. The fourth-order valence-corrected chi connectivity index (χ4v) is 5.44. The Hall–Kier alpha value is -3.18. The second kappa shape index (κ2) is 17.8. The van der Waals surface area contributed by atoms with Gasteiger partial charge in [0.2, 0.25) is 23.6 Å². The van der Waals surface area contributed by atoms with Gasteiger partial charge in [-0.25, -0.2) is 4.79 Å². The molecule has 12 heteroatoms. The molecule has 0 heterocycles. The molecule has 0 aromatic heterocycles. The van der Waals surface area contributed by atoms with Crippen LogP contribution >= 0.6 is 0 Å². The molecule has 43 heavy (non-hydrogen) atoms. The number of hydrogen-bond acceptors (Lipinski definition) is 6. The van der Waals surface area contributed by atoms with Gasteiger partial charge in [-0.1, -0.05) is 74.1 Å². The second-order valence-electron chi connectivity index (χ2n) is 13.3. The molecule has 0 saturated heterocycles. The molecule has 1 rings (SSSR count). The predicted octanol–water partition coefficient (Wildman–Crippen LogP) is 2.98. The van der Waals surface area contributed by atoms with Crippen LogP contribution in [0.15, 0.2) is 0 Å². The highest BCUT2D eigenvalue weighted by molar-refractivity contribution is 5.96. The van der Waals surface area contributed by atoms with Gasteiger partial charge >= 0.3 is 11.9 Å². The summed E-state index contributed by atoms with van der Waals surface area (Å²) < 4.78 is 0. The lowest BCUT2D eigenvalue weighted by Crippen LogP contribution is -2.60. The maximum Gasteiger partial charge on any atom is 0.326 e. The second-order valence-corrected chi connectivity index (χ2v) is 13.3. The zero-order chi connectivity index (χ0) is 32.9. The summed E-state index contributed by atoms with van der Waals surface area (Å²) in [6.45, 7) is 12.8. The summed E-state index contributed by atoms with van der Waals surface area (Å²) in [7, 11) is 0. The molecule has 0 radical (unpaired) electrons. The minimum absolute atomic E-state index is 0.0646. The highest BCUT2D eigenvalue weighted by Gasteiger charge is 2.37. The molecule has 4 atom stereocenters. The maximum atomic E-state index is 13.6. The molecule has 1 aliphatic rings. The first-order valence-corrected chi connectivity index (χ1v) is 15.7. The average molecular weight is 611 g/mol. The van der Waals surface area contributed by atoms with E-state index in [0.29, 0.717) is 25.2 Å². The zero-order valence-electron chi connectivity index (χ0n) is 27.0. The van der Waals surface area contributed by atoms with Gasteiger partial charge in [0.1, 0.15) is 24.2 Å². The normalized spacial score (nSPS) is 16.7. The van der Waals surface area contributed by atoms with Crippen molar-refractivity contribution in [3.05, 3.63) is 0 Å². The van der Waals surface area contributed by atoms with Crippen LogP contribution in [0.1, 0.15) is 113 Å². The Labute approximate surface area is 255 Å². The van der Waals surface area contributed by atoms with E-state index in [9.17, 15) is 39.0 Å². The molecule has 4 amide bonds. The van der Waals surface area contributed by atoms with E-state index in [0.717, 1.165) is 25.7 Å². The standard InChI is InChI=1S/C31H54N4O8/c1-8-20(9-2)26(38)35-25(31(5,6)7)29(41)32-21(15-14-19-12-10-11-13-19)27(39)33-22(17-24(36)37)28(40)34-23(30(42)43)16-18(3)4/h18-23,25H,8-17H2,1-7H3,(H,32,41)(H,33,39)(H,34,40)(H,35,38)(H,36,37)(H,42,43). The highest BCUT2D eigenvalue weighted by atomic mass is 16.4. The fourth-order valence-electron chi connectivity index (χ4n) is 5.44. The Morgan fingerprint density at radius 1 is 0.744 bits per heavy atom. The number of aliphatic carboxylic acids is 2. The molecule has 0 aliphatic heterocycles. The van der Waals surface area contributed by atoms with Crippen molar-refractivity contribution >= 4 is 35.6 Å². The van der Waals surface area contributed by atoms with Crippen LogP contribution in [0.25, 0.3) is 0 Å². The lowest BCUT2D eigenvalue weighted by molar-refractivity contribution is -0.144. The van der Waals surface area contributed by atoms with Crippen LogP contribution in [0.5, 0.6) is 0 Å². The average Bonchev–Trinajstić information content (AvgIpc) is 3.41. The van der Waals surface area contributed by atoms with Crippen LogP contribution in [-0.4, -0.2) is 69.9 Å². The van der Waals surface area contributed by atoms with Crippen molar-refractivity contribution in [3.63, 3.8) is 0 Å².